The molecule has 0 aromatic heterocycles. The molecule has 0 unspecified atom stereocenters. The van der Waals surface area contributed by atoms with E-state index < -0.39 is 46.7 Å². The molecule has 4 N–H and O–H groups in total. The summed E-state index contributed by atoms with van der Waals surface area (Å²) < 4.78 is 19.8. The van der Waals surface area contributed by atoms with E-state index in [1.54, 1.807) is 26.8 Å². The number of fused-ring (bicyclic) bond motifs is 1. The van der Waals surface area contributed by atoms with Gasteiger partial charge >= 0.3 is 12.1 Å². The van der Waals surface area contributed by atoms with E-state index >= 15 is 0 Å². The van der Waals surface area contributed by atoms with Crippen LogP contribution in [0, 0.1) is 22.6 Å². The zero-order valence-corrected chi connectivity index (χ0v) is 19.1. The fourth-order valence-corrected chi connectivity index (χ4v) is 3.33. The molecule has 1 aliphatic heterocycles. The molecule has 2 rings (SSSR count). The van der Waals surface area contributed by atoms with Gasteiger partial charge in [0.05, 0.1) is 17.3 Å². The van der Waals surface area contributed by atoms with Crippen LogP contribution in [0.5, 0.6) is 0 Å². The van der Waals surface area contributed by atoms with Gasteiger partial charge in [-0.25, -0.2) is 14.0 Å². The molecule has 0 aliphatic carbocycles. The fraction of sp³-hybridized carbons (Fsp3) is 0.450. The van der Waals surface area contributed by atoms with Crippen LogP contribution in [-0.4, -0.2) is 41.2 Å². The van der Waals surface area contributed by atoms with Gasteiger partial charge in [-0.15, -0.1) is 11.8 Å². The lowest BCUT2D eigenvalue weighted by Crippen LogP contribution is -2.46. The summed E-state index contributed by atoms with van der Waals surface area (Å²) >= 11 is 1.14. The van der Waals surface area contributed by atoms with Gasteiger partial charge in [-0.05, 0) is 46.8 Å². The molecule has 2 amide bonds. The van der Waals surface area contributed by atoms with Crippen LogP contribution in [0.4, 0.5) is 14.9 Å². The van der Waals surface area contributed by atoms with E-state index in [0.717, 1.165) is 17.8 Å². The predicted molar refractivity (Wildman–Crippen MR) is 115 cm³/mol. The molecular weight excluding hydrogens is 441 g/mol. The number of amidine groups is 1. The largest absolute Gasteiger partial charge is 0.444 e. The number of benzene rings is 1. The summed E-state index contributed by atoms with van der Waals surface area (Å²) in [4.78, 5) is 41.4. The van der Waals surface area contributed by atoms with Crippen molar-refractivity contribution < 1.29 is 28.3 Å². The number of amides is 2. The topological polar surface area (TPSA) is 156 Å². The first-order valence-electron chi connectivity index (χ1n) is 9.47. The van der Waals surface area contributed by atoms with Gasteiger partial charge in [0.25, 0.3) is 0 Å². The van der Waals surface area contributed by atoms with Crippen LogP contribution < -0.4 is 16.4 Å². The number of halogens is 1. The highest BCUT2D eigenvalue weighted by atomic mass is 32.2. The molecule has 0 spiro atoms. The van der Waals surface area contributed by atoms with E-state index in [2.05, 4.69) is 20.6 Å². The molecule has 0 fully saturated rings. The molecule has 1 aromatic carbocycles. The lowest BCUT2D eigenvalue weighted by atomic mass is 9.97. The standard InChI is InChI=1S/C20H24FN5O5S/c1-19(2,3)30-18(29)25-13-8-32-14-7-11(21)10(6-12(14)24-16(13)27)15(23)26-31-17(28)20(4,5)9-22/h6-7,13H,8H2,1-5H3,(H2,23,26)(H,24,27)(H,25,29)/t13-/m0/s1. The fourth-order valence-electron chi connectivity index (χ4n) is 2.29. The first kappa shape index (κ1) is 24.9. The van der Waals surface area contributed by atoms with Gasteiger partial charge in [0.2, 0.25) is 5.91 Å². The van der Waals surface area contributed by atoms with E-state index in [0.29, 0.717) is 4.90 Å². The molecular formula is C20H24FN5O5S. The molecule has 32 heavy (non-hydrogen) atoms. The van der Waals surface area contributed by atoms with Crippen molar-refractivity contribution in [2.24, 2.45) is 16.3 Å². The van der Waals surface area contributed by atoms with Crippen LogP contribution in [0.2, 0.25) is 0 Å². The quantitative estimate of drug-likeness (QED) is 0.265. The maximum atomic E-state index is 14.6. The Morgan fingerprint density at radius 2 is 2.00 bits per heavy atom. The molecule has 1 aliphatic rings. The molecule has 1 aromatic rings. The highest BCUT2D eigenvalue weighted by Gasteiger charge is 2.31. The zero-order valence-electron chi connectivity index (χ0n) is 18.2. The molecule has 10 nitrogen and oxygen atoms in total. The van der Waals surface area contributed by atoms with Crippen molar-refractivity contribution in [2.75, 3.05) is 11.1 Å². The molecule has 0 radical (unpaired) electrons. The van der Waals surface area contributed by atoms with E-state index in [1.165, 1.54) is 19.9 Å². The second kappa shape index (κ2) is 9.44. The van der Waals surface area contributed by atoms with Gasteiger partial charge in [0.1, 0.15) is 17.5 Å². The summed E-state index contributed by atoms with van der Waals surface area (Å²) in [6, 6.07) is 3.22. The number of oxime groups is 1. The summed E-state index contributed by atoms with van der Waals surface area (Å²) in [7, 11) is 0. The molecule has 0 bridgehead atoms. The number of nitrogens with one attached hydrogen (secondary N) is 2. The Kier molecular flexibility index (Phi) is 7.35. The summed E-state index contributed by atoms with van der Waals surface area (Å²) in [6.45, 7) is 7.74. The van der Waals surface area contributed by atoms with Crippen molar-refractivity contribution in [1.29, 1.82) is 5.26 Å². The predicted octanol–water partition coefficient (Wildman–Crippen LogP) is 2.48. The lowest BCUT2D eigenvalue weighted by Gasteiger charge is -2.22. The number of nitrogens with two attached hydrogens (primary N) is 1. The third-order valence-corrected chi connectivity index (χ3v) is 5.18. The monoisotopic (exact) mass is 465 g/mol. The number of ether oxygens (including phenoxy) is 1. The second-order valence-corrected chi connectivity index (χ2v) is 9.48. The molecule has 172 valence electrons. The van der Waals surface area contributed by atoms with Crippen LogP contribution in [0.1, 0.15) is 40.2 Å². The van der Waals surface area contributed by atoms with Gasteiger partial charge in [-0.1, -0.05) is 5.16 Å². The maximum Gasteiger partial charge on any atom is 0.408 e. The summed E-state index contributed by atoms with van der Waals surface area (Å²) in [5.74, 6) is -2.57. The third kappa shape index (κ3) is 6.34. The highest BCUT2D eigenvalue weighted by Crippen LogP contribution is 2.33. The Morgan fingerprint density at radius 3 is 2.59 bits per heavy atom. The van der Waals surface area contributed by atoms with E-state index in [9.17, 15) is 18.8 Å². The van der Waals surface area contributed by atoms with Gasteiger partial charge in [-0.2, -0.15) is 5.26 Å². The van der Waals surface area contributed by atoms with Crippen LogP contribution in [-0.2, 0) is 19.2 Å². The van der Waals surface area contributed by atoms with Gasteiger partial charge in [0, 0.05) is 10.6 Å². The van der Waals surface area contributed by atoms with E-state index in [-0.39, 0.29) is 17.0 Å². The van der Waals surface area contributed by atoms with Crippen molar-refractivity contribution >= 4 is 41.3 Å². The maximum absolute atomic E-state index is 14.6. The average molecular weight is 466 g/mol. The molecule has 0 saturated carbocycles. The summed E-state index contributed by atoms with van der Waals surface area (Å²) in [6.07, 6.45) is -0.755. The number of alkyl carbamates (subject to hydrolysis) is 1. The Hall–Kier alpha value is -3.33. The average Bonchev–Trinajstić information content (AvgIpc) is 2.82. The van der Waals surface area contributed by atoms with Crippen molar-refractivity contribution in [3.63, 3.8) is 0 Å². The number of thioether (sulfide) groups is 1. The van der Waals surface area contributed by atoms with Crippen LogP contribution >= 0.6 is 11.8 Å². The molecule has 1 atom stereocenters. The number of hydrogen-bond donors (Lipinski definition) is 3. The van der Waals surface area contributed by atoms with Crippen molar-refractivity contribution in [2.45, 2.75) is 51.2 Å². The smallest absolute Gasteiger partial charge is 0.408 e. The number of carbonyl (C=O) groups excluding carboxylic acids is 3. The number of anilines is 1. The second-order valence-electron chi connectivity index (χ2n) is 8.42. The first-order valence-corrected chi connectivity index (χ1v) is 10.5. The number of nitriles is 1. The van der Waals surface area contributed by atoms with E-state index in [1.807, 2.05) is 0 Å². The Bertz CT molecular complexity index is 1010. The highest BCUT2D eigenvalue weighted by molar-refractivity contribution is 7.99. The number of hydrogen-bond acceptors (Lipinski definition) is 8. The summed E-state index contributed by atoms with van der Waals surface area (Å²) in [5, 5.41) is 17.4. The zero-order chi connectivity index (χ0) is 24.3. The Morgan fingerprint density at radius 1 is 1.34 bits per heavy atom. The number of rotatable bonds is 4. The van der Waals surface area contributed by atoms with Crippen molar-refractivity contribution in [3.05, 3.63) is 23.5 Å². The SMILES string of the molecule is CC(C)(C)OC(=O)N[C@H]1CSc2cc(F)c(/C(N)=N/OC(=O)C(C)(C)C#N)cc2NC1=O. The lowest BCUT2D eigenvalue weighted by molar-refractivity contribution is -0.150. The van der Waals surface area contributed by atoms with Crippen LogP contribution in [0.15, 0.2) is 22.2 Å². The van der Waals surface area contributed by atoms with Gasteiger partial charge in [-0.3, -0.25) is 4.79 Å². The molecule has 12 heteroatoms. The minimum Gasteiger partial charge on any atom is -0.444 e. The minimum atomic E-state index is -1.46. The van der Waals surface area contributed by atoms with Gasteiger partial charge < -0.3 is 25.9 Å². The number of nitrogens with zero attached hydrogens (tertiary/aromatic N) is 2. The third-order valence-electron chi connectivity index (χ3n) is 4.03. The Labute approximate surface area is 188 Å². The molecule has 1 heterocycles. The van der Waals surface area contributed by atoms with Gasteiger partial charge in [0.15, 0.2) is 11.3 Å². The summed E-state index contributed by atoms with van der Waals surface area (Å²) in [5.41, 5.74) is 3.57. The van der Waals surface area contributed by atoms with Crippen LogP contribution in [0.25, 0.3) is 0 Å². The Balaban J connectivity index is 2.20. The minimum absolute atomic E-state index is 0.140. The normalized spacial score (nSPS) is 16.7. The molecule has 0 saturated heterocycles. The van der Waals surface area contributed by atoms with E-state index in [4.69, 9.17) is 15.7 Å². The van der Waals surface area contributed by atoms with Crippen LogP contribution in [0.3, 0.4) is 0 Å². The van der Waals surface area contributed by atoms with Crippen molar-refractivity contribution in [1.82, 2.24) is 5.32 Å². The van der Waals surface area contributed by atoms with Crippen molar-refractivity contribution in [3.8, 4) is 6.07 Å². The first-order chi connectivity index (χ1) is 14.7. The number of carbonyl (C=O) groups is 3.